The smallest absolute Gasteiger partial charge is 0.171 e. The minimum Gasteiger partial charge on any atom is -0.309 e. The maximum absolute atomic E-state index is 15.6. The second kappa shape index (κ2) is 10.7. The molecule has 44 heavy (non-hydrogen) atoms. The van der Waals surface area contributed by atoms with E-state index in [1.165, 1.54) is 0 Å². The van der Waals surface area contributed by atoms with Gasteiger partial charge in [0.05, 0.1) is 11.0 Å². The Labute approximate surface area is 255 Å². The van der Waals surface area contributed by atoms with Crippen LogP contribution in [0.1, 0.15) is 0 Å². The van der Waals surface area contributed by atoms with E-state index in [9.17, 15) is 0 Å². The van der Waals surface area contributed by atoms with Crippen LogP contribution < -0.4 is 15.9 Å². The van der Waals surface area contributed by atoms with E-state index in [2.05, 4.69) is 71.7 Å². The van der Waals surface area contributed by atoms with Gasteiger partial charge in [-0.25, -0.2) is 4.98 Å². The van der Waals surface area contributed by atoms with Crippen LogP contribution in [0.3, 0.4) is 0 Å². The molecular weight excluding hydrogens is 555 g/mol. The van der Waals surface area contributed by atoms with Gasteiger partial charge in [-0.05, 0) is 76.2 Å². The van der Waals surface area contributed by atoms with E-state index in [1.54, 1.807) is 12.4 Å². The van der Waals surface area contributed by atoms with Crippen LogP contribution in [0.5, 0.6) is 0 Å². The van der Waals surface area contributed by atoms with Crippen LogP contribution in [0.4, 0.5) is 0 Å². The number of rotatable bonds is 5. The summed E-state index contributed by atoms with van der Waals surface area (Å²) in [5.74, 6) is 0. The first kappa shape index (κ1) is 26.3. The monoisotopic (exact) mass is 582 g/mol. The highest BCUT2D eigenvalue weighted by Crippen LogP contribution is 2.45. The number of aromatic nitrogens is 2. The van der Waals surface area contributed by atoms with Gasteiger partial charge in [-0.2, -0.15) is 0 Å². The molecule has 0 saturated heterocycles. The highest BCUT2D eigenvalue weighted by molar-refractivity contribution is 7.85. The summed E-state index contributed by atoms with van der Waals surface area (Å²) in [4.78, 5) is 9.35. The molecule has 0 saturated carbocycles. The van der Waals surface area contributed by atoms with E-state index in [4.69, 9.17) is 4.98 Å². The summed E-state index contributed by atoms with van der Waals surface area (Å²) in [6.45, 7) is 0. The number of benzene rings is 6. The van der Waals surface area contributed by atoms with Crippen molar-refractivity contribution in [2.24, 2.45) is 0 Å². The highest BCUT2D eigenvalue weighted by Gasteiger charge is 2.30. The molecular formula is C40H27N2OP. The van der Waals surface area contributed by atoms with Gasteiger partial charge in [0, 0.05) is 44.5 Å². The normalized spacial score (nSPS) is 11.7. The first-order valence-electron chi connectivity index (χ1n) is 14.7. The lowest BCUT2D eigenvalue weighted by atomic mass is 9.93. The third kappa shape index (κ3) is 4.41. The summed E-state index contributed by atoms with van der Waals surface area (Å²) in [7, 11) is -3.24. The molecule has 0 spiro atoms. The van der Waals surface area contributed by atoms with Crippen molar-refractivity contribution < 1.29 is 4.57 Å². The van der Waals surface area contributed by atoms with E-state index in [0.29, 0.717) is 0 Å². The minimum atomic E-state index is -3.24. The molecule has 0 fully saturated rings. The van der Waals surface area contributed by atoms with Crippen LogP contribution in [0.15, 0.2) is 164 Å². The lowest BCUT2D eigenvalue weighted by Gasteiger charge is -2.22. The molecule has 0 atom stereocenters. The summed E-state index contributed by atoms with van der Waals surface area (Å²) in [6.07, 6.45) is 3.61. The zero-order valence-electron chi connectivity index (χ0n) is 23.8. The van der Waals surface area contributed by atoms with Gasteiger partial charge in [0.1, 0.15) is 0 Å². The van der Waals surface area contributed by atoms with Crippen molar-refractivity contribution in [2.45, 2.75) is 0 Å². The van der Waals surface area contributed by atoms with Crippen LogP contribution in [0.2, 0.25) is 0 Å². The fraction of sp³-hybridized carbons (Fsp3) is 0. The fourth-order valence-corrected chi connectivity index (χ4v) is 8.96. The summed E-state index contributed by atoms with van der Waals surface area (Å²) >= 11 is 0. The molecule has 0 aliphatic heterocycles. The van der Waals surface area contributed by atoms with Crippen LogP contribution in [0, 0.1) is 0 Å². The van der Waals surface area contributed by atoms with Crippen LogP contribution >= 0.6 is 7.14 Å². The Kier molecular flexibility index (Phi) is 6.40. The third-order valence-electron chi connectivity index (χ3n) is 8.37. The highest BCUT2D eigenvalue weighted by atomic mass is 31.2. The second-order valence-electron chi connectivity index (χ2n) is 11.0. The van der Waals surface area contributed by atoms with Crippen molar-refractivity contribution in [3.8, 4) is 22.3 Å². The lowest BCUT2D eigenvalue weighted by molar-refractivity contribution is 0.592. The number of hydrogen-bond donors (Lipinski definition) is 0. The Morgan fingerprint density at radius 1 is 0.455 bits per heavy atom. The summed E-state index contributed by atoms with van der Waals surface area (Å²) < 4.78 is 15.6. The van der Waals surface area contributed by atoms with Gasteiger partial charge in [-0.3, -0.25) is 4.98 Å². The zero-order chi connectivity index (χ0) is 29.5. The molecule has 4 heteroatoms. The summed E-state index contributed by atoms with van der Waals surface area (Å²) in [6, 6.07) is 51.3. The van der Waals surface area contributed by atoms with Crippen molar-refractivity contribution in [1.29, 1.82) is 0 Å². The SMILES string of the molecule is O=P(c1ccccc1)(c1ccccc1)c1cc(-c2ccncc2)cc(-c2cc3cc4ccccc4nc3c3ccccc23)c1. The predicted octanol–water partition coefficient (Wildman–Crippen LogP) is 8.91. The molecule has 2 heterocycles. The standard InChI is InChI=1S/C40H27N2OP/c43-44(33-12-3-1-4-13-33,34-14-5-2-6-15-34)35-25-30(28-19-21-41-22-20-28)24-31(26-35)38-27-32-23-29-11-7-10-18-39(29)42-40(32)37-17-9-8-16-36(37)38/h1-27H. The molecule has 6 aromatic carbocycles. The molecule has 2 aromatic heterocycles. The van der Waals surface area contributed by atoms with Gasteiger partial charge in [-0.15, -0.1) is 0 Å². The van der Waals surface area contributed by atoms with Crippen LogP contribution in [-0.2, 0) is 4.57 Å². The maximum Gasteiger partial charge on any atom is 0.171 e. The van der Waals surface area contributed by atoms with Crippen molar-refractivity contribution in [2.75, 3.05) is 0 Å². The minimum absolute atomic E-state index is 0.792. The van der Waals surface area contributed by atoms with Gasteiger partial charge in [0.25, 0.3) is 0 Å². The molecule has 8 rings (SSSR count). The molecule has 0 unspecified atom stereocenters. The largest absolute Gasteiger partial charge is 0.309 e. The van der Waals surface area contributed by atoms with Gasteiger partial charge in [0.2, 0.25) is 0 Å². The number of pyridine rings is 2. The molecule has 0 bridgehead atoms. The molecule has 0 N–H and O–H groups in total. The molecule has 3 nitrogen and oxygen atoms in total. The third-order valence-corrected chi connectivity index (χ3v) is 11.4. The first-order valence-corrected chi connectivity index (χ1v) is 16.4. The molecule has 0 amide bonds. The van der Waals surface area contributed by atoms with Crippen molar-refractivity contribution in [3.05, 3.63) is 164 Å². The first-order chi connectivity index (χ1) is 21.7. The number of fused-ring (bicyclic) bond motifs is 4. The maximum atomic E-state index is 15.6. The fourth-order valence-electron chi connectivity index (χ4n) is 6.24. The molecule has 0 aliphatic rings. The Balaban J connectivity index is 1.46. The topological polar surface area (TPSA) is 42.9 Å². The Hall–Kier alpha value is -5.37. The average molecular weight is 583 g/mol. The van der Waals surface area contributed by atoms with Crippen molar-refractivity contribution >= 4 is 55.6 Å². The molecule has 0 radical (unpaired) electrons. The van der Waals surface area contributed by atoms with Crippen LogP contribution in [-0.4, -0.2) is 9.97 Å². The molecule has 0 aliphatic carbocycles. The summed E-state index contributed by atoms with van der Waals surface area (Å²) in [5.41, 5.74) is 6.06. The van der Waals surface area contributed by atoms with E-state index in [-0.39, 0.29) is 0 Å². The number of nitrogens with zero attached hydrogens (tertiary/aromatic N) is 2. The van der Waals surface area contributed by atoms with E-state index in [0.717, 1.165) is 70.7 Å². The second-order valence-corrected chi connectivity index (χ2v) is 13.8. The zero-order valence-corrected chi connectivity index (χ0v) is 24.7. The Morgan fingerprint density at radius 3 is 1.80 bits per heavy atom. The molecule has 208 valence electrons. The Morgan fingerprint density at radius 2 is 1.07 bits per heavy atom. The van der Waals surface area contributed by atoms with Gasteiger partial charge >= 0.3 is 0 Å². The Bertz CT molecular complexity index is 2310. The predicted molar refractivity (Wildman–Crippen MR) is 185 cm³/mol. The quantitative estimate of drug-likeness (QED) is 0.116. The average Bonchev–Trinajstić information content (AvgIpc) is 3.11. The summed E-state index contributed by atoms with van der Waals surface area (Å²) in [5, 5.41) is 6.78. The number of para-hydroxylation sites is 1. The van der Waals surface area contributed by atoms with Crippen molar-refractivity contribution in [1.82, 2.24) is 9.97 Å². The lowest BCUT2D eigenvalue weighted by Crippen LogP contribution is -2.25. The van der Waals surface area contributed by atoms with Gasteiger partial charge < -0.3 is 4.57 Å². The van der Waals surface area contributed by atoms with E-state index < -0.39 is 7.14 Å². The van der Waals surface area contributed by atoms with E-state index in [1.807, 2.05) is 84.9 Å². The van der Waals surface area contributed by atoms with Gasteiger partial charge in [-0.1, -0.05) is 103 Å². The number of hydrogen-bond acceptors (Lipinski definition) is 3. The van der Waals surface area contributed by atoms with Gasteiger partial charge in [0.15, 0.2) is 7.14 Å². The van der Waals surface area contributed by atoms with E-state index >= 15 is 4.57 Å². The molecule has 8 aromatic rings. The van der Waals surface area contributed by atoms with Crippen molar-refractivity contribution in [3.63, 3.8) is 0 Å². The van der Waals surface area contributed by atoms with Crippen LogP contribution in [0.25, 0.3) is 54.8 Å².